The second kappa shape index (κ2) is 8.70. The predicted molar refractivity (Wildman–Crippen MR) is 103 cm³/mol. The van der Waals surface area contributed by atoms with Gasteiger partial charge in [0.1, 0.15) is 5.75 Å². The maximum Gasteiger partial charge on any atom is 0.257 e. The topological polar surface area (TPSA) is 87.3 Å². The van der Waals surface area contributed by atoms with Crippen molar-refractivity contribution in [3.05, 3.63) is 41.7 Å². The van der Waals surface area contributed by atoms with E-state index in [1.165, 1.54) is 0 Å². The molecule has 0 aliphatic carbocycles. The number of hydrogen-bond acceptors (Lipinski definition) is 4. The van der Waals surface area contributed by atoms with Gasteiger partial charge >= 0.3 is 0 Å². The number of H-pyrrole nitrogens is 1. The summed E-state index contributed by atoms with van der Waals surface area (Å²) in [6, 6.07) is 5.59. The number of benzene rings is 1. The summed E-state index contributed by atoms with van der Waals surface area (Å²) in [6.45, 7) is 3.40. The summed E-state index contributed by atoms with van der Waals surface area (Å²) in [5.74, 6) is 1.13. The molecule has 0 radical (unpaired) electrons. The first-order valence-corrected chi connectivity index (χ1v) is 9.29. The van der Waals surface area contributed by atoms with Gasteiger partial charge in [-0.05, 0) is 55.9 Å². The number of aromatic amines is 1. The monoisotopic (exact) mass is 370 g/mol. The second-order valence-electron chi connectivity index (χ2n) is 7.01. The molecule has 0 saturated carbocycles. The van der Waals surface area contributed by atoms with Crippen molar-refractivity contribution < 1.29 is 14.3 Å². The quantitative estimate of drug-likeness (QED) is 0.818. The molecule has 7 nitrogen and oxygen atoms in total. The van der Waals surface area contributed by atoms with E-state index in [1.54, 1.807) is 19.5 Å². The number of hydrogen-bond donors (Lipinski definition) is 2. The minimum Gasteiger partial charge on any atom is -0.497 e. The Hall–Kier alpha value is -2.83. The van der Waals surface area contributed by atoms with Crippen molar-refractivity contribution in [2.75, 3.05) is 25.5 Å². The number of methoxy groups -OCH3 is 1. The Bertz CT molecular complexity index is 789. The van der Waals surface area contributed by atoms with E-state index < -0.39 is 0 Å². The summed E-state index contributed by atoms with van der Waals surface area (Å²) in [5, 5.41) is 9.49. The van der Waals surface area contributed by atoms with Crippen LogP contribution >= 0.6 is 0 Å². The highest BCUT2D eigenvalue weighted by Gasteiger charge is 2.25. The molecule has 2 aromatic rings. The minimum atomic E-state index is 0.00144. The van der Waals surface area contributed by atoms with E-state index in [1.807, 2.05) is 30.0 Å². The maximum absolute atomic E-state index is 12.5. The molecule has 3 rings (SSSR count). The molecule has 1 atom stereocenters. The van der Waals surface area contributed by atoms with Crippen molar-refractivity contribution in [3.8, 4) is 5.75 Å². The van der Waals surface area contributed by atoms with Gasteiger partial charge in [-0.1, -0.05) is 0 Å². The van der Waals surface area contributed by atoms with Crippen LogP contribution in [0.15, 0.2) is 30.6 Å². The number of piperidine rings is 1. The lowest BCUT2D eigenvalue weighted by Gasteiger charge is -2.32. The summed E-state index contributed by atoms with van der Waals surface area (Å²) in [7, 11) is 1.62. The number of nitrogens with one attached hydrogen (secondary N) is 2. The number of nitrogens with zero attached hydrogens (tertiary/aromatic N) is 2. The Morgan fingerprint density at radius 3 is 2.96 bits per heavy atom. The SMILES string of the molecule is COc1ccc(NC(=O)CC[C@@H]2CCCN(C(=O)c3cn[nH]c3)C2)c(C)c1. The van der Waals surface area contributed by atoms with Crippen LogP contribution in [0.1, 0.15) is 41.6 Å². The molecule has 1 aliphatic heterocycles. The highest BCUT2D eigenvalue weighted by molar-refractivity contribution is 5.94. The van der Waals surface area contributed by atoms with Gasteiger partial charge in [-0.3, -0.25) is 14.7 Å². The molecule has 27 heavy (non-hydrogen) atoms. The van der Waals surface area contributed by atoms with Gasteiger partial charge in [-0.15, -0.1) is 0 Å². The van der Waals surface area contributed by atoms with Crippen molar-refractivity contribution in [2.45, 2.75) is 32.6 Å². The van der Waals surface area contributed by atoms with Crippen LogP contribution in [0.4, 0.5) is 5.69 Å². The van der Waals surface area contributed by atoms with Gasteiger partial charge in [0.2, 0.25) is 5.91 Å². The van der Waals surface area contributed by atoms with Crippen LogP contribution in [0.2, 0.25) is 0 Å². The lowest BCUT2D eigenvalue weighted by molar-refractivity contribution is -0.116. The fourth-order valence-corrected chi connectivity index (χ4v) is 3.49. The molecule has 2 amide bonds. The predicted octanol–water partition coefficient (Wildman–Crippen LogP) is 3.00. The van der Waals surface area contributed by atoms with Gasteiger partial charge < -0.3 is 15.0 Å². The molecule has 1 aliphatic rings. The molecule has 2 heterocycles. The Labute approximate surface area is 159 Å². The van der Waals surface area contributed by atoms with E-state index in [2.05, 4.69) is 15.5 Å². The highest BCUT2D eigenvalue weighted by atomic mass is 16.5. The normalized spacial score (nSPS) is 16.8. The van der Waals surface area contributed by atoms with Gasteiger partial charge in [0.25, 0.3) is 5.91 Å². The van der Waals surface area contributed by atoms with Crippen molar-refractivity contribution in [1.82, 2.24) is 15.1 Å². The highest BCUT2D eigenvalue weighted by Crippen LogP contribution is 2.24. The molecule has 1 aromatic carbocycles. The lowest BCUT2D eigenvalue weighted by atomic mass is 9.93. The first-order valence-electron chi connectivity index (χ1n) is 9.29. The summed E-state index contributed by atoms with van der Waals surface area (Å²) >= 11 is 0. The standard InChI is InChI=1S/C20H26N4O3/c1-14-10-17(27-2)6-7-18(14)23-19(25)8-5-15-4-3-9-24(13-15)20(26)16-11-21-22-12-16/h6-7,10-12,15H,3-5,8-9,13H2,1-2H3,(H,21,22)(H,23,25)/t15-/m0/s1. The second-order valence-corrected chi connectivity index (χ2v) is 7.01. The summed E-state index contributed by atoms with van der Waals surface area (Å²) in [6.07, 6.45) is 6.41. The van der Waals surface area contributed by atoms with E-state index in [4.69, 9.17) is 4.74 Å². The molecule has 0 unspecified atom stereocenters. The average molecular weight is 370 g/mol. The van der Waals surface area contributed by atoms with Crippen LogP contribution in [0.5, 0.6) is 5.75 Å². The lowest BCUT2D eigenvalue weighted by Crippen LogP contribution is -2.40. The van der Waals surface area contributed by atoms with E-state index in [9.17, 15) is 9.59 Å². The van der Waals surface area contributed by atoms with Crippen molar-refractivity contribution in [1.29, 1.82) is 0 Å². The summed E-state index contributed by atoms with van der Waals surface area (Å²) in [4.78, 5) is 26.6. The fourth-order valence-electron chi connectivity index (χ4n) is 3.49. The van der Waals surface area contributed by atoms with Crippen LogP contribution in [0, 0.1) is 12.8 Å². The van der Waals surface area contributed by atoms with Gasteiger partial charge in [0.05, 0.1) is 18.9 Å². The van der Waals surface area contributed by atoms with Crippen LogP contribution in [-0.4, -0.2) is 47.1 Å². The zero-order valence-corrected chi connectivity index (χ0v) is 15.8. The number of aryl methyl sites for hydroxylation is 1. The van der Waals surface area contributed by atoms with Gasteiger partial charge in [0.15, 0.2) is 0 Å². The van der Waals surface area contributed by atoms with Crippen molar-refractivity contribution in [2.24, 2.45) is 5.92 Å². The third kappa shape index (κ3) is 4.87. The summed E-state index contributed by atoms with van der Waals surface area (Å²) < 4.78 is 5.19. The first-order chi connectivity index (χ1) is 13.1. The van der Waals surface area contributed by atoms with Crippen molar-refractivity contribution in [3.63, 3.8) is 0 Å². The van der Waals surface area contributed by atoms with E-state index >= 15 is 0 Å². The van der Waals surface area contributed by atoms with Crippen LogP contribution in [0.25, 0.3) is 0 Å². The summed E-state index contributed by atoms with van der Waals surface area (Å²) in [5.41, 5.74) is 2.36. The van der Waals surface area contributed by atoms with Crippen molar-refractivity contribution >= 4 is 17.5 Å². The molecule has 1 fully saturated rings. The number of carbonyl (C=O) groups is 2. The Balaban J connectivity index is 1.49. The Morgan fingerprint density at radius 2 is 2.26 bits per heavy atom. The Morgan fingerprint density at radius 1 is 1.41 bits per heavy atom. The van der Waals surface area contributed by atoms with E-state index in [0.29, 0.717) is 24.4 Å². The largest absolute Gasteiger partial charge is 0.497 e. The molecule has 1 aromatic heterocycles. The van der Waals surface area contributed by atoms with Gasteiger partial charge in [-0.2, -0.15) is 5.10 Å². The van der Waals surface area contributed by atoms with Crippen LogP contribution < -0.4 is 10.1 Å². The average Bonchev–Trinajstić information content (AvgIpc) is 3.22. The molecule has 7 heteroatoms. The third-order valence-corrected chi connectivity index (χ3v) is 5.04. The first kappa shape index (κ1) is 18.9. The van der Waals surface area contributed by atoms with Crippen LogP contribution in [-0.2, 0) is 4.79 Å². The molecular formula is C20H26N4O3. The minimum absolute atomic E-state index is 0.00144. The molecule has 144 valence electrons. The molecular weight excluding hydrogens is 344 g/mol. The number of rotatable bonds is 6. The smallest absolute Gasteiger partial charge is 0.257 e. The van der Waals surface area contributed by atoms with E-state index in [0.717, 1.165) is 42.8 Å². The number of ether oxygens (including phenoxy) is 1. The molecule has 1 saturated heterocycles. The zero-order chi connectivity index (χ0) is 19.2. The number of carbonyl (C=O) groups excluding carboxylic acids is 2. The number of aromatic nitrogens is 2. The van der Waals surface area contributed by atoms with Crippen LogP contribution in [0.3, 0.4) is 0 Å². The molecule has 2 N–H and O–H groups in total. The zero-order valence-electron chi connectivity index (χ0n) is 15.8. The Kier molecular flexibility index (Phi) is 6.11. The maximum atomic E-state index is 12.5. The third-order valence-electron chi connectivity index (χ3n) is 5.04. The van der Waals surface area contributed by atoms with E-state index in [-0.39, 0.29) is 11.8 Å². The van der Waals surface area contributed by atoms with Gasteiger partial charge in [0, 0.05) is 31.4 Å². The molecule has 0 bridgehead atoms. The number of anilines is 1. The fraction of sp³-hybridized carbons (Fsp3) is 0.450. The number of amides is 2. The van der Waals surface area contributed by atoms with Gasteiger partial charge in [-0.25, -0.2) is 0 Å². The molecule has 0 spiro atoms. The number of likely N-dealkylation sites (tertiary alicyclic amines) is 1.